The molecule has 0 aromatic heterocycles. The van der Waals surface area contributed by atoms with Gasteiger partial charge in [0.15, 0.2) is 0 Å². The Bertz CT molecular complexity index is 1070. The molecule has 1 amide bonds. The summed E-state index contributed by atoms with van der Waals surface area (Å²) in [5.41, 5.74) is 3.86. The molecule has 0 aliphatic carbocycles. The summed E-state index contributed by atoms with van der Waals surface area (Å²) in [5, 5.41) is 2.60. The molecule has 1 N–H and O–H groups in total. The lowest BCUT2D eigenvalue weighted by molar-refractivity contribution is 0.0600. The maximum Gasteiger partial charge on any atom is 0.408 e. The number of hydrogen-bond acceptors (Lipinski definition) is 4. The Morgan fingerprint density at radius 3 is 2.33 bits per heavy atom. The molecule has 5 nitrogen and oxygen atoms in total. The minimum absolute atomic E-state index is 0.115. The molecule has 0 unspecified atom stereocenters. The van der Waals surface area contributed by atoms with Gasteiger partial charge in [0.2, 0.25) is 0 Å². The molecular formula is C25H21NO4. The molecule has 0 fully saturated rings. The predicted octanol–water partition coefficient (Wildman–Crippen LogP) is 4.42. The molecule has 0 saturated heterocycles. The minimum atomic E-state index is -0.542. The number of amides is 1. The molecule has 3 rings (SSSR count). The lowest BCUT2D eigenvalue weighted by Crippen LogP contribution is -2.24. The van der Waals surface area contributed by atoms with Crippen LogP contribution in [-0.4, -0.2) is 25.7 Å². The molecule has 150 valence electrons. The zero-order chi connectivity index (χ0) is 21.2. The molecule has 0 radical (unpaired) electrons. The van der Waals surface area contributed by atoms with Gasteiger partial charge in [-0.1, -0.05) is 78.6 Å². The topological polar surface area (TPSA) is 64.6 Å². The van der Waals surface area contributed by atoms with E-state index in [1.807, 2.05) is 66.7 Å². The fourth-order valence-electron chi connectivity index (χ4n) is 2.79. The summed E-state index contributed by atoms with van der Waals surface area (Å²) < 4.78 is 9.96. The molecule has 3 aromatic rings. The van der Waals surface area contributed by atoms with E-state index in [0.29, 0.717) is 11.1 Å². The minimum Gasteiger partial charge on any atom is -0.465 e. The van der Waals surface area contributed by atoms with E-state index in [9.17, 15) is 9.59 Å². The first-order valence-electron chi connectivity index (χ1n) is 9.38. The highest BCUT2D eigenvalue weighted by molar-refractivity contribution is 5.91. The van der Waals surface area contributed by atoms with Gasteiger partial charge in [-0.2, -0.15) is 0 Å². The Labute approximate surface area is 175 Å². The molecule has 0 spiro atoms. The average Bonchev–Trinajstić information content (AvgIpc) is 2.81. The van der Waals surface area contributed by atoms with Gasteiger partial charge in [0.05, 0.1) is 19.2 Å². The van der Waals surface area contributed by atoms with Gasteiger partial charge in [0.1, 0.15) is 6.61 Å². The van der Waals surface area contributed by atoms with Gasteiger partial charge >= 0.3 is 12.1 Å². The van der Waals surface area contributed by atoms with Crippen LogP contribution in [-0.2, 0) is 16.1 Å². The normalized spacial score (nSPS) is 9.77. The fourth-order valence-corrected chi connectivity index (χ4v) is 2.79. The zero-order valence-electron chi connectivity index (χ0n) is 16.6. The average molecular weight is 399 g/mol. The molecule has 5 heteroatoms. The monoisotopic (exact) mass is 399 g/mol. The first-order valence-corrected chi connectivity index (χ1v) is 9.38. The summed E-state index contributed by atoms with van der Waals surface area (Å²) in [5.74, 6) is 5.51. The van der Waals surface area contributed by atoms with Crippen LogP contribution in [0.1, 0.15) is 21.5 Å². The standard InChI is InChI=1S/C25H21NO4/c1-29-24(27)22-14-15-23(20-11-6-3-7-12-20)21(17-22)13-8-16-26-25(28)30-18-19-9-4-2-5-10-19/h2-7,9-12,14-15,17H,16,18H2,1H3,(H,26,28). The van der Waals surface area contributed by atoms with Crippen LogP contribution in [0.5, 0.6) is 0 Å². The highest BCUT2D eigenvalue weighted by Crippen LogP contribution is 2.24. The summed E-state index contributed by atoms with van der Waals surface area (Å²) in [6, 6.07) is 24.4. The molecule has 0 bridgehead atoms. The van der Waals surface area contributed by atoms with Crippen LogP contribution in [0.4, 0.5) is 4.79 Å². The second kappa shape index (κ2) is 10.5. The van der Waals surface area contributed by atoms with Crippen LogP contribution in [0.15, 0.2) is 78.9 Å². The Morgan fingerprint density at radius 2 is 1.63 bits per heavy atom. The van der Waals surface area contributed by atoms with Crippen LogP contribution in [0.25, 0.3) is 11.1 Å². The molecule has 0 aliphatic rings. The molecular weight excluding hydrogens is 378 g/mol. The SMILES string of the molecule is COC(=O)c1ccc(-c2ccccc2)c(C#CCNC(=O)OCc2ccccc2)c1. The van der Waals surface area contributed by atoms with E-state index in [-0.39, 0.29) is 13.2 Å². The van der Waals surface area contributed by atoms with E-state index >= 15 is 0 Å². The second-order valence-electron chi connectivity index (χ2n) is 6.34. The van der Waals surface area contributed by atoms with Crippen molar-refractivity contribution >= 4 is 12.1 Å². The number of nitrogens with one attached hydrogen (secondary N) is 1. The Hall–Kier alpha value is -4.04. The van der Waals surface area contributed by atoms with Crippen molar-refractivity contribution in [3.8, 4) is 23.0 Å². The number of methoxy groups -OCH3 is 1. The molecule has 30 heavy (non-hydrogen) atoms. The van der Waals surface area contributed by atoms with Crippen molar-refractivity contribution in [1.82, 2.24) is 5.32 Å². The number of carbonyl (C=O) groups excluding carboxylic acids is 2. The summed E-state index contributed by atoms with van der Waals surface area (Å²) in [6.07, 6.45) is -0.542. The number of benzene rings is 3. The van der Waals surface area contributed by atoms with Gasteiger partial charge in [-0.3, -0.25) is 0 Å². The lowest BCUT2D eigenvalue weighted by Gasteiger charge is -2.07. The lowest BCUT2D eigenvalue weighted by atomic mass is 9.97. The zero-order valence-corrected chi connectivity index (χ0v) is 16.6. The largest absolute Gasteiger partial charge is 0.465 e. The van der Waals surface area contributed by atoms with E-state index < -0.39 is 12.1 Å². The third-order valence-electron chi connectivity index (χ3n) is 4.28. The van der Waals surface area contributed by atoms with Crippen molar-refractivity contribution in [3.63, 3.8) is 0 Å². The fraction of sp³-hybridized carbons (Fsp3) is 0.120. The molecule has 3 aromatic carbocycles. The van der Waals surface area contributed by atoms with E-state index in [1.165, 1.54) is 7.11 Å². The molecule has 0 atom stereocenters. The van der Waals surface area contributed by atoms with E-state index in [2.05, 4.69) is 17.2 Å². The number of ether oxygens (including phenoxy) is 2. The second-order valence-corrected chi connectivity index (χ2v) is 6.34. The molecule has 0 saturated carbocycles. The molecule has 0 aliphatic heterocycles. The van der Waals surface area contributed by atoms with Crippen molar-refractivity contribution in [2.45, 2.75) is 6.61 Å². The Morgan fingerprint density at radius 1 is 0.933 bits per heavy atom. The van der Waals surface area contributed by atoms with Gasteiger partial charge in [0.25, 0.3) is 0 Å². The Balaban J connectivity index is 1.68. The number of carbonyl (C=O) groups is 2. The third-order valence-corrected chi connectivity index (χ3v) is 4.28. The van der Waals surface area contributed by atoms with Gasteiger partial charge < -0.3 is 14.8 Å². The van der Waals surface area contributed by atoms with Gasteiger partial charge in [-0.25, -0.2) is 9.59 Å². The van der Waals surface area contributed by atoms with E-state index in [1.54, 1.807) is 12.1 Å². The van der Waals surface area contributed by atoms with Crippen LogP contribution >= 0.6 is 0 Å². The van der Waals surface area contributed by atoms with Crippen molar-refractivity contribution in [2.75, 3.05) is 13.7 Å². The summed E-state index contributed by atoms with van der Waals surface area (Å²) in [4.78, 5) is 23.7. The van der Waals surface area contributed by atoms with Crippen molar-refractivity contribution in [1.29, 1.82) is 0 Å². The van der Waals surface area contributed by atoms with Crippen LogP contribution in [0.2, 0.25) is 0 Å². The van der Waals surface area contributed by atoms with Crippen molar-refractivity contribution < 1.29 is 19.1 Å². The van der Waals surface area contributed by atoms with Gasteiger partial charge in [-0.05, 0) is 28.8 Å². The van der Waals surface area contributed by atoms with Crippen molar-refractivity contribution in [2.24, 2.45) is 0 Å². The van der Waals surface area contributed by atoms with Crippen LogP contribution in [0, 0.1) is 11.8 Å². The van der Waals surface area contributed by atoms with E-state index in [0.717, 1.165) is 16.7 Å². The highest BCUT2D eigenvalue weighted by Gasteiger charge is 2.10. The number of rotatable bonds is 5. The highest BCUT2D eigenvalue weighted by atomic mass is 16.5. The smallest absolute Gasteiger partial charge is 0.408 e. The number of esters is 1. The summed E-state index contributed by atoms with van der Waals surface area (Å²) in [7, 11) is 1.34. The first-order chi connectivity index (χ1) is 14.7. The Kier molecular flexibility index (Phi) is 7.23. The maximum atomic E-state index is 11.9. The number of alkyl carbamates (subject to hydrolysis) is 1. The van der Waals surface area contributed by atoms with Crippen molar-refractivity contribution in [3.05, 3.63) is 95.6 Å². The third kappa shape index (κ3) is 5.73. The van der Waals surface area contributed by atoms with Gasteiger partial charge in [0, 0.05) is 5.56 Å². The van der Waals surface area contributed by atoms with Gasteiger partial charge in [-0.15, -0.1) is 0 Å². The maximum absolute atomic E-state index is 11.9. The summed E-state index contributed by atoms with van der Waals surface area (Å²) in [6.45, 7) is 0.309. The number of hydrogen-bond donors (Lipinski definition) is 1. The predicted molar refractivity (Wildman–Crippen MR) is 115 cm³/mol. The quantitative estimate of drug-likeness (QED) is 0.510. The van der Waals surface area contributed by atoms with Crippen LogP contribution in [0.3, 0.4) is 0 Å². The van der Waals surface area contributed by atoms with Crippen LogP contribution < -0.4 is 5.32 Å². The molecule has 0 heterocycles. The first kappa shape index (κ1) is 20.7. The van der Waals surface area contributed by atoms with E-state index in [4.69, 9.17) is 9.47 Å². The summed E-state index contributed by atoms with van der Waals surface area (Å²) >= 11 is 0.